The molecule has 0 aliphatic carbocycles. The highest BCUT2D eigenvalue weighted by Gasteiger charge is 1.97. The fraction of sp³-hybridized carbons (Fsp3) is 0.640. The number of ether oxygens (including phenoxy) is 3. The molecule has 0 aromatic heterocycles. The molecule has 0 saturated heterocycles. The molecule has 0 fully saturated rings. The van der Waals surface area contributed by atoms with E-state index in [1.54, 1.807) is 0 Å². The maximum atomic E-state index is 10.6. The van der Waals surface area contributed by atoms with Crippen LogP contribution in [0.1, 0.15) is 83.6 Å². The molecular weight excluding hydrogens is 364 g/mol. The number of carbonyl (C=O) groups is 1. The van der Waals surface area contributed by atoms with Crippen LogP contribution in [-0.2, 0) is 20.9 Å². The Bertz CT molecular complexity index is 583. The normalized spacial score (nSPS) is 10.3. The van der Waals surface area contributed by atoms with E-state index in [1.807, 2.05) is 12.1 Å². The standard InChI is InChI=1S/C25H38O4/c1-3-4-5-6-7-8-9-14-21-29-25-17-15-24(16-18-25)22-27-19-12-10-11-13-20-28-23(2)26/h15-18H,3-10,12,14,19-22H2,1-2H3. The zero-order chi connectivity index (χ0) is 21.0. The summed E-state index contributed by atoms with van der Waals surface area (Å²) in [4.78, 5) is 10.6. The van der Waals surface area contributed by atoms with Crippen molar-refractivity contribution in [2.45, 2.75) is 84.7 Å². The summed E-state index contributed by atoms with van der Waals surface area (Å²) in [7, 11) is 0. The summed E-state index contributed by atoms with van der Waals surface area (Å²) in [5.74, 6) is 6.40. The van der Waals surface area contributed by atoms with Crippen LogP contribution in [0.2, 0.25) is 0 Å². The van der Waals surface area contributed by atoms with E-state index < -0.39 is 0 Å². The zero-order valence-corrected chi connectivity index (χ0v) is 18.3. The molecule has 4 heteroatoms. The summed E-state index contributed by atoms with van der Waals surface area (Å²) in [6.07, 6.45) is 12.1. The Kier molecular flexibility index (Phi) is 15.6. The fourth-order valence-electron chi connectivity index (χ4n) is 2.84. The summed E-state index contributed by atoms with van der Waals surface area (Å²) in [6.45, 7) is 5.86. The van der Waals surface area contributed by atoms with Gasteiger partial charge in [-0.15, -0.1) is 0 Å². The van der Waals surface area contributed by atoms with Crippen LogP contribution in [0.25, 0.3) is 0 Å². The lowest BCUT2D eigenvalue weighted by Crippen LogP contribution is -1.99. The quantitative estimate of drug-likeness (QED) is 0.191. The van der Waals surface area contributed by atoms with Gasteiger partial charge in [-0.25, -0.2) is 0 Å². The molecule has 0 heterocycles. The number of unbranched alkanes of at least 4 members (excludes halogenated alkanes) is 8. The van der Waals surface area contributed by atoms with Gasteiger partial charge in [-0.2, -0.15) is 0 Å². The van der Waals surface area contributed by atoms with Crippen molar-refractivity contribution in [2.75, 3.05) is 19.8 Å². The maximum absolute atomic E-state index is 10.6. The van der Waals surface area contributed by atoms with Crippen molar-refractivity contribution >= 4 is 5.97 Å². The van der Waals surface area contributed by atoms with E-state index in [-0.39, 0.29) is 12.6 Å². The zero-order valence-electron chi connectivity index (χ0n) is 18.3. The number of benzene rings is 1. The second kappa shape index (κ2) is 18.1. The first-order chi connectivity index (χ1) is 14.2. The number of rotatable bonds is 16. The van der Waals surface area contributed by atoms with E-state index in [4.69, 9.17) is 14.2 Å². The smallest absolute Gasteiger partial charge is 0.303 e. The molecule has 0 spiro atoms. The molecule has 0 aliphatic rings. The Labute approximate surface area is 177 Å². The second-order valence-electron chi connectivity index (χ2n) is 7.26. The molecule has 0 amide bonds. The molecule has 0 bridgehead atoms. The Hall–Kier alpha value is -1.99. The molecule has 0 atom stereocenters. The second-order valence-corrected chi connectivity index (χ2v) is 7.26. The molecule has 0 saturated carbocycles. The van der Waals surface area contributed by atoms with Gasteiger partial charge in [-0.05, 0) is 30.5 Å². The van der Waals surface area contributed by atoms with Crippen molar-refractivity contribution in [3.05, 3.63) is 29.8 Å². The van der Waals surface area contributed by atoms with Crippen molar-refractivity contribution in [1.82, 2.24) is 0 Å². The van der Waals surface area contributed by atoms with E-state index >= 15 is 0 Å². The van der Waals surface area contributed by atoms with Crippen molar-refractivity contribution < 1.29 is 19.0 Å². The van der Waals surface area contributed by atoms with Crippen LogP contribution < -0.4 is 4.74 Å². The highest BCUT2D eigenvalue weighted by atomic mass is 16.5. The molecule has 1 rings (SSSR count). The van der Waals surface area contributed by atoms with Gasteiger partial charge < -0.3 is 14.2 Å². The number of esters is 1. The van der Waals surface area contributed by atoms with Gasteiger partial charge in [0.15, 0.2) is 6.61 Å². The van der Waals surface area contributed by atoms with E-state index in [0.717, 1.165) is 37.2 Å². The Morgan fingerprint density at radius 1 is 0.862 bits per heavy atom. The third-order valence-electron chi connectivity index (χ3n) is 4.52. The van der Waals surface area contributed by atoms with E-state index in [0.29, 0.717) is 13.2 Å². The molecule has 1 aromatic carbocycles. The van der Waals surface area contributed by atoms with Crippen LogP contribution in [-0.4, -0.2) is 25.8 Å². The first-order valence-corrected chi connectivity index (χ1v) is 11.1. The minimum absolute atomic E-state index is 0.170. The third kappa shape index (κ3) is 15.6. The minimum atomic E-state index is -0.299. The molecule has 29 heavy (non-hydrogen) atoms. The van der Waals surface area contributed by atoms with Crippen LogP contribution in [0, 0.1) is 11.8 Å². The summed E-state index contributed by atoms with van der Waals surface area (Å²) >= 11 is 0. The van der Waals surface area contributed by atoms with Gasteiger partial charge in [-0.1, -0.05) is 75.8 Å². The molecule has 4 nitrogen and oxygen atoms in total. The van der Waals surface area contributed by atoms with Gasteiger partial charge in [0.25, 0.3) is 0 Å². The summed E-state index contributed by atoms with van der Waals surface area (Å²) in [5, 5.41) is 0. The lowest BCUT2D eigenvalue weighted by molar-refractivity contribution is -0.139. The van der Waals surface area contributed by atoms with Crippen LogP contribution in [0.3, 0.4) is 0 Å². The summed E-state index contributed by atoms with van der Waals surface area (Å²) in [6, 6.07) is 8.15. The fourth-order valence-corrected chi connectivity index (χ4v) is 2.84. The van der Waals surface area contributed by atoms with Crippen LogP contribution in [0.15, 0.2) is 24.3 Å². The molecular formula is C25H38O4. The van der Waals surface area contributed by atoms with E-state index in [9.17, 15) is 4.79 Å². The Morgan fingerprint density at radius 2 is 1.55 bits per heavy atom. The van der Waals surface area contributed by atoms with Crippen molar-refractivity contribution in [3.63, 3.8) is 0 Å². The molecule has 1 aromatic rings. The van der Waals surface area contributed by atoms with Crippen LogP contribution in [0.4, 0.5) is 0 Å². The lowest BCUT2D eigenvalue weighted by atomic mass is 10.1. The van der Waals surface area contributed by atoms with Crippen molar-refractivity contribution in [3.8, 4) is 17.6 Å². The topological polar surface area (TPSA) is 44.8 Å². The van der Waals surface area contributed by atoms with Crippen LogP contribution in [0.5, 0.6) is 5.75 Å². The SMILES string of the molecule is CCCCCCCCCCOc1ccc(COCCCC#CCOC(C)=O)cc1. The number of hydrogen-bond donors (Lipinski definition) is 0. The number of carbonyl (C=O) groups excluding carboxylic acids is 1. The van der Waals surface area contributed by atoms with Crippen molar-refractivity contribution in [2.24, 2.45) is 0 Å². The van der Waals surface area contributed by atoms with Crippen LogP contribution >= 0.6 is 0 Å². The van der Waals surface area contributed by atoms with Gasteiger partial charge in [0.1, 0.15) is 5.75 Å². The molecule has 0 radical (unpaired) electrons. The molecule has 162 valence electrons. The predicted molar refractivity (Wildman–Crippen MR) is 118 cm³/mol. The van der Waals surface area contributed by atoms with Gasteiger partial charge in [0.05, 0.1) is 13.2 Å². The minimum Gasteiger partial charge on any atom is -0.494 e. The first-order valence-electron chi connectivity index (χ1n) is 11.1. The number of hydrogen-bond acceptors (Lipinski definition) is 4. The average molecular weight is 403 g/mol. The van der Waals surface area contributed by atoms with E-state index in [2.05, 4.69) is 30.9 Å². The van der Waals surface area contributed by atoms with Gasteiger partial charge in [-0.3, -0.25) is 4.79 Å². The molecule has 0 aliphatic heterocycles. The largest absolute Gasteiger partial charge is 0.494 e. The molecule has 0 N–H and O–H groups in total. The lowest BCUT2D eigenvalue weighted by Gasteiger charge is -2.08. The summed E-state index contributed by atoms with van der Waals surface area (Å²) < 4.78 is 16.2. The van der Waals surface area contributed by atoms with Gasteiger partial charge >= 0.3 is 5.97 Å². The Morgan fingerprint density at radius 3 is 2.24 bits per heavy atom. The highest BCUT2D eigenvalue weighted by Crippen LogP contribution is 2.14. The van der Waals surface area contributed by atoms with E-state index in [1.165, 1.54) is 51.9 Å². The maximum Gasteiger partial charge on any atom is 0.303 e. The highest BCUT2D eigenvalue weighted by molar-refractivity contribution is 5.66. The average Bonchev–Trinajstić information content (AvgIpc) is 2.72. The van der Waals surface area contributed by atoms with Gasteiger partial charge in [0, 0.05) is 20.0 Å². The molecule has 0 unspecified atom stereocenters. The monoisotopic (exact) mass is 402 g/mol. The van der Waals surface area contributed by atoms with Gasteiger partial charge in [0.2, 0.25) is 0 Å². The first kappa shape index (κ1) is 25.0. The van der Waals surface area contributed by atoms with Crippen molar-refractivity contribution in [1.29, 1.82) is 0 Å². The predicted octanol–water partition coefficient (Wildman–Crippen LogP) is 6.07. The summed E-state index contributed by atoms with van der Waals surface area (Å²) in [5.41, 5.74) is 1.14. The Balaban J connectivity index is 2.00. The third-order valence-corrected chi connectivity index (χ3v) is 4.52.